The van der Waals surface area contributed by atoms with Gasteiger partial charge in [-0.2, -0.15) is 0 Å². The van der Waals surface area contributed by atoms with Crippen molar-refractivity contribution in [1.82, 2.24) is 10.2 Å². The van der Waals surface area contributed by atoms with Crippen molar-refractivity contribution in [1.29, 1.82) is 0 Å². The highest BCUT2D eigenvalue weighted by Crippen LogP contribution is 2.28. The van der Waals surface area contributed by atoms with Gasteiger partial charge in [0.2, 0.25) is 5.91 Å². The van der Waals surface area contributed by atoms with E-state index in [0.29, 0.717) is 36.8 Å². The van der Waals surface area contributed by atoms with Crippen LogP contribution in [-0.4, -0.2) is 50.1 Å². The van der Waals surface area contributed by atoms with Crippen molar-refractivity contribution >= 4 is 11.8 Å². The first-order valence-corrected chi connectivity index (χ1v) is 7.02. The zero-order valence-corrected chi connectivity index (χ0v) is 12.3. The van der Waals surface area contributed by atoms with Crippen LogP contribution in [-0.2, 0) is 4.79 Å². The highest BCUT2D eigenvalue weighted by atomic mass is 16.5. The maximum absolute atomic E-state index is 12.5. The van der Waals surface area contributed by atoms with Crippen molar-refractivity contribution in [3.05, 3.63) is 23.8 Å². The molecule has 0 unspecified atom stereocenters. The molecule has 0 saturated carbocycles. The fourth-order valence-electron chi connectivity index (χ4n) is 2.24. The molecule has 1 aliphatic heterocycles. The van der Waals surface area contributed by atoms with Crippen molar-refractivity contribution in [2.24, 2.45) is 0 Å². The lowest BCUT2D eigenvalue weighted by molar-refractivity contribution is -0.121. The number of carbonyl (C=O) groups is 2. The minimum atomic E-state index is -0.173. The van der Waals surface area contributed by atoms with E-state index in [4.69, 9.17) is 9.47 Å². The molecule has 0 bridgehead atoms. The van der Waals surface area contributed by atoms with Crippen LogP contribution in [0.3, 0.4) is 0 Å². The summed E-state index contributed by atoms with van der Waals surface area (Å²) in [5, 5.41) is 2.75. The Morgan fingerprint density at radius 2 is 2.19 bits per heavy atom. The van der Waals surface area contributed by atoms with Gasteiger partial charge in [0.15, 0.2) is 11.5 Å². The summed E-state index contributed by atoms with van der Waals surface area (Å²) >= 11 is 0. The predicted octanol–water partition coefficient (Wildman–Crippen LogP) is 1.06. The summed E-state index contributed by atoms with van der Waals surface area (Å²) in [5.41, 5.74) is 0.491. The molecule has 1 aromatic carbocycles. The zero-order chi connectivity index (χ0) is 15.2. The molecule has 1 saturated heterocycles. The highest BCUT2D eigenvalue weighted by Gasteiger charge is 2.22. The average Bonchev–Trinajstić information content (AvgIpc) is 2.72. The third-order valence-electron chi connectivity index (χ3n) is 3.26. The van der Waals surface area contributed by atoms with Crippen LogP contribution in [0.1, 0.15) is 23.7 Å². The van der Waals surface area contributed by atoms with Crippen molar-refractivity contribution < 1.29 is 19.1 Å². The monoisotopic (exact) mass is 292 g/mol. The van der Waals surface area contributed by atoms with Gasteiger partial charge in [-0.3, -0.25) is 9.59 Å². The smallest absolute Gasteiger partial charge is 0.254 e. The van der Waals surface area contributed by atoms with Gasteiger partial charge in [0.1, 0.15) is 0 Å². The molecule has 1 heterocycles. The molecule has 21 heavy (non-hydrogen) atoms. The van der Waals surface area contributed by atoms with Crippen LogP contribution in [0.2, 0.25) is 0 Å². The fourth-order valence-corrected chi connectivity index (χ4v) is 2.24. The topological polar surface area (TPSA) is 67.9 Å². The van der Waals surface area contributed by atoms with Gasteiger partial charge >= 0.3 is 0 Å². The Bertz CT molecular complexity index is 530. The standard InChI is InChI=1S/C15H20N2O4/c1-3-21-12-6-5-11(9-13(12)20-2)15(19)17-8-4-7-16-14(18)10-17/h5-6,9H,3-4,7-8,10H2,1-2H3,(H,16,18). The summed E-state index contributed by atoms with van der Waals surface area (Å²) in [6.45, 7) is 3.67. The van der Waals surface area contributed by atoms with Crippen LogP contribution in [0, 0.1) is 0 Å². The largest absolute Gasteiger partial charge is 0.493 e. The third kappa shape index (κ3) is 3.65. The van der Waals surface area contributed by atoms with Gasteiger partial charge in [0.05, 0.1) is 20.3 Å². The van der Waals surface area contributed by atoms with E-state index in [1.807, 2.05) is 6.92 Å². The van der Waals surface area contributed by atoms with Gasteiger partial charge in [-0.15, -0.1) is 0 Å². The van der Waals surface area contributed by atoms with Gasteiger partial charge in [-0.05, 0) is 31.5 Å². The second kappa shape index (κ2) is 6.97. The van der Waals surface area contributed by atoms with Crippen LogP contribution >= 0.6 is 0 Å². The maximum Gasteiger partial charge on any atom is 0.254 e. The van der Waals surface area contributed by atoms with Gasteiger partial charge in [-0.1, -0.05) is 0 Å². The predicted molar refractivity (Wildman–Crippen MR) is 77.7 cm³/mol. The van der Waals surface area contributed by atoms with Crippen LogP contribution in [0.25, 0.3) is 0 Å². The van der Waals surface area contributed by atoms with E-state index in [9.17, 15) is 9.59 Å². The molecule has 114 valence electrons. The van der Waals surface area contributed by atoms with E-state index in [1.165, 1.54) is 7.11 Å². The van der Waals surface area contributed by atoms with Crippen LogP contribution in [0.4, 0.5) is 0 Å². The second-order valence-electron chi connectivity index (χ2n) is 4.73. The number of nitrogens with one attached hydrogen (secondary N) is 1. The Morgan fingerprint density at radius 1 is 1.38 bits per heavy atom. The molecule has 6 heteroatoms. The number of hydrogen-bond donors (Lipinski definition) is 1. The number of nitrogens with zero attached hydrogens (tertiary/aromatic N) is 1. The molecular formula is C15H20N2O4. The summed E-state index contributed by atoms with van der Waals surface area (Å²) in [6, 6.07) is 5.06. The number of rotatable bonds is 4. The second-order valence-corrected chi connectivity index (χ2v) is 4.73. The minimum Gasteiger partial charge on any atom is -0.493 e. The van der Waals surface area contributed by atoms with E-state index >= 15 is 0 Å². The van der Waals surface area contributed by atoms with E-state index in [0.717, 1.165) is 6.42 Å². The number of hydrogen-bond acceptors (Lipinski definition) is 4. The van der Waals surface area contributed by atoms with Crippen molar-refractivity contribution in [2.75, 3.05) is 33.4 Å². The lowest BCUT2D eigenvalue weighted by atomic mass is 10.1. The molecule has 1 aliphatic rings. The van der Waals surface area contributed by atoms with Gasteiger partial charge < -0.3 is 19.7 Å². The first kappa shape index (κ1) is 15.2. The Balaban J connectivity index is 2.20. The molecular weight excluding hydrogens is 272 g/mol. The molecule has 1 N–H and O–H groups in total. The van der Waals surface area contributed by atoms with Gasteiger partial charge in [-0.25, -0.2) is 0 Å². The van der Waals surface area contributed by atoms with E-state index in [2.05, 4.69) is 5.32 Å². The van der Waals surface area contributed by atoms with E-state index in [-0.39, 0.29) is 18.4 Å². The molecule has 0 radical (unpaired) electrons. The molecule has 0 atom stereocenters. The molecule has 2 rings (SSSR count). The molecule has 6 nitrogen and oxygen atoms in total. The SMILES string of the molecule is CCOc1ccc(C(=O)N2CCCNC(=O)C2)cc1OC. The highest BCUT2D eigenvalue weighted by molar-refractivity contribution is 5.97. The number of ether oxygens (including phenoxy) is 2. The number of carbonyl (C=O) groups excluding carboxylic acids is 2. The minimum absolute atomic E-state index is 0.0916. The summed E-state index contributed by atoms with van der Waals surface area (Å²) in [4.78, 5) is 25.6. The quantitative estimate of drug-likeness (QED) is 0.901. The summed E-state index contributed by atoms with van der Waals surface area (Å²) in [7, 11) is 1.53. The molecule has 0 aliphatic carbocycles. The summed E-state index contributed by atoms with van der Waals surface area (Å²) in [5.74, 6) is 0.819. The molecule has 1 fully saturated rings. The maximum atomic E-state index is 12.5. The molecule has 2 amide bonds. The van der Waals surface area contributed by atoms with E-state index in [1.54, 1.807) is 23.1 Å². The number of methoxy groups -OCH3 is 1. The Labute approximate surface area is 124 Å². The van der Waals surface area contributed by atoms with Crippen LogP contribution in [0.5, 0.6) is 11.5 Å². The summed E-state index contributed by atoms with van der Waals surface area (Å²) in [6.07, 6.45) is 0.756. The molecule has 0 spiro atoms. The first-order chi connectivity index (χ1) is 10.2. The Hall–Kier alpha value is -2.24. The number of benzene rings is 1. The number of amides is 2. The van der Waals surface area contributed by atoms with Crippen molar-refractivity contribution in [3.63, 3.8) is 0 Å². The van der Waals surface area contributed by atoms with Gasteiger partial charge in [0.25, 0.3) is 5.91 Å². The van der Waals surface area contributed by atoms with Crippen LogP contribution in [0.15, 0.2) is 18.2 Å². The third-order valence-corrected chi connectivity index (χ3v) is 3.26. The Morgan fingerprint density at radius 3 is 2.90 bits per heavy atom. The first-order valence-electron chi connectivity index (χ1n) is 7.02. The molecule has 0 aromatic heterocycles. The lowest BCUT2D eigenvalue weighted by Crippen LogP contribution is -2.37. The Kier molecular flexibility index (Phi) is 5.03. The summed E-state index contributed by atoms with van der Waals surface area (Å²) < 4.78 is 10.7. The average molecular weight is 292 g/mol. The van der Waals surface area contributed by atoms with Crippen molar-refractivity contribution in [2.45, 2.75) is 13.3 Å². The fraction of sp³-hybridized carbons (Fsp3) is 0.467. The molecule has 1 aromatic rings. The van der Waals surface area contributed by atoms with Crippen molar-refractivity contribution in [3.8, 4) is 11.5 Å². The zero-order valence-electron chi connectivity index (χ0n) is 12.3. The van der Waals surface area contributed by atoms with Crippen LogP contribution < -0.4 is 14.8 Å². The lowest BCUT2D eigenvalue weighted by Gasteiger charge is -2.19. The normalized spacial score (nSPS) is 15.1. The van der Waals surface area contributed by atoms with E-state index < -0.39 is 0 Å². The van der Waals surface area contributed by atoms with Gasteiger partial charge in [0, 0.05) is 18.7 Å².